The summed E-state index contributed by atoms with van der Waals surface area (Å²) in [6.45, 7) is 1.95. The van der Waals surface area contributed by atoms with Crippen LogP contribution in [-0.2, 0) is 4.79 Å². The van der Waals surface area contributed by atoms with Gasteiger partial charge in [-0.25, -0.2) is 0 Å². The van der Waals surface area contributed by atoms with Crippen molar-refractivity contribution >= 4 is 50.9 Å². The van der Waals surface area contributed by atoms with Crippen LogP contribution in [0.25, 0.3) is 21.9 Å². The fraction of sp³-hybridized carbons (Fsp3) is 0.0714. The van der Waals surface area contributed by atoms with E-state index in [4.69, 9.17) is 16.0 Å². The predicted molar refractivity (Wildman–Crippen MR) is 135 cm³/mol. The number of carbonyl (C=O) groups excluding carboxylic acids is 2. The summed E-state index contributed by atoms with van der Waals surface area (Å²) in [5, 5.41) is 13.0. The molecular weight excluding hydrogens is 464 g/mol. The van der Waals surface area contributed by atoms with E-state index in [0.29, 0.717) is 27.2 Å². The van der Waals surface area contributed by atoms with Gasteiger partial charge in [-0.3, -0.25) is 14.5 Å². The van der Waals surface area contributed by atoms with E-state index in [1.165, 1.54) is 4.90 Å². The highest BCUT2D eigenvalue weighted by molar-refractivity contribution is 6.31. The minimum Gasteiger partial charge on any atom is -0.503 e. The number of halogens is 1. The van der Waals surface area contributed by atoms with Gasteiger partial charge in [0.1, 0.15) is 5.58 Å². The van der Waals surface area contributed by atoms with Gasteiger partial charge in [0.15, 0.2) is 11.5 Å². The van der Waals surface area contributed by atoms with Gasteiger partial charge in [0.25, 0.3) is 5.91 Å². The molecule has 1 atom stereocenters. The maximum Gasteiger partial charge on any atom is 0.294 e. The lowest BCUT2D eigenvalue weighted by molar-refractivity contribution is -0.117. The number of aromatic nitrogens is 1. The van der Waals surface area contributed by atoms with E-state index in [0.717, 1.165) is 16.5 Å². The number of Topliss-reactive ketones (excluding diaryl/α,β-unsaturated/α-hetero) is 1. The average molecular weight is 483 g/mol. The summed E-state index contributed by atoms with van der Waals surface area (Å²) >= 11 is 6.09. The Morgan fingerprint density at radius 2 is 1.83 bits per heavy atom. The average Bonchev–Trinajstić information content (AvgIpc) is 3.54. The fourth-order valence-corrected chi connectivity index (χ4v) is 4.86. The molecule has 3 heterocycles. The number of amides is 1. The van der Waals surface area contributed by atoms with E-state index >= 15 is 0 Å². The third-order valence-corrected chi connectivity index (χ3v) is 6.62. The van der Waals surface area contributed by atoms with Gasteiger partial charge in [0.2, 0.25) is 5.78 Å². The lowest BCUT2D eigenvalue weighted by Crippen LogP contribution is -2.30. The van der Waals surface area contributed by atoms with Crippen LogP contribution in [0.1, 0.15) is 27.7 Å². The van der Waals surface area contributed by atoms with Crippen LogP contribution < -0.4 is 4.90 Å². The molecule has 6 rings (SSSR count). The zero-order valence-electron chi connectivity index (χ0n) is 18.6. The van der Waals surface area contributed by atoms with E-state index in [9.17, 15) is 14.7 Å². The van der Waals surface area contributed by atoms with Crippen molar-refractivity contribution in [2.24, 2.45) is 0 Å². The molecule has 0 fully saturated rings. The molecule has 7 heteroatoms. The number of nitrogens with one attached hydrogen (secondary N) is 1. The van der Waals surface area contributed by atoms with Crippen LogP contribution in [0.2, 0.25) is 5.02 Å². The molecule has 0 radical (unpaired) electrons. The first-order valence-corrected chi connectivity index (χ1v) is 11.4. The first-order valence-electron chi connectivity index (χ1n) is 11.1. The van der Waals surface area contributed by atoms with Crippen molar-refractivity contribution in [2.75, 3.05) is 4.90 Å². The number of carbonyl (C=O) groups is 2. The molecule has 1 unspecified atom stereocenters. The van der Waals surface area contributed by atoms with E-state index in [1.807, 2.05) is 43.3 Å². The molecule has 1 aliphatic heterocycles. The molecule has 35 heavy (non-hydrogen) atoms. The molecule has 0 saturated heterocycles. The number of aromatic amines is 1. The molecule has 1 aliphatic rings. The number of aliphatic hydroxyl groups excluding tert-OH is 1. The molecular formula is C28H19ClN2O4. The predicted octanol–water partition coefficient (Wildman–Crippen LogP) is 6.66. The summed E-state index contributed by atoms with van der Waals surface area (Å²) in [4.78, 5) is 31.9. The van der Waals surface area contributed by atoms with Crippen molar-refractivity contribution < 1.29 is 19.1 Å². The number of hydrogen-bond acceptors (Lipinski definition) is 4. The second kappa shape index (κ2) is 7.89. The molecule has 2 N–H and O–H groups in total. The Labute approximate surface area is 205 Å². The summed E-state index contributed by atoms with van der Waals surface area (Å²) in [5.74, 6) is -1.78. The number of aliphatic hydroxyl groups is 1. The normalized spacial score (nSPS) is 16.1. The third kappa shape index (κ3) is 3.33. The van der Waals surface area contributed by atoms with Gasteiger partial charge in [-0.15, -0.1) is 0 Å². The van der Waals surface area contributed by atoms with Crippen LogP contribution in [0.3, 0.4) is 0 Å². The summed E-state index contributed by atoms with van der Waals surface area (Å²) in [5.41, 5.74) is 3.60. The highest BCUT2D eigenvalue weighted by Crippen LogP contribution is 2.44. The summed E-state index contributed by atoms with van der Waals surface area (Å²) in [6, 6.07) is 20.8. The lowest BCUT2D eigenvalue weighted by atomic mass is 9.94. The molecule has 0 aliphatic carbocycles. The van der Waals surface area contributed by atoms with E-state index in [2.05, 4.69) is 4.98 Å². The molecule has 3 aromatic carbocycles. The van der Waals surface area contributed by atoms with Gasteiger partial charge >= 0.3 is 0 Å². The number of H-pyrrole nitrogens is 1. The van der Waals surface area contributed by atoms with E-state index < -0.39 is 23.5 Å². The van der Waals surface area contributed by atoms with Crippen molar-refractivity contribution in [3.8, 4) is 0 Å². The second-order valence-electron chi connectivity index (χ2n) is 8.59. The lowest BCUT2D eigenvalue weighted by Gasteiger charge is -2.26. The van der Waals surface area contributed by atoms with Gasteiger partial charge in [0, 0.05) is 38.8 Å². The Balaban J connectivity index is 1.54. The quantitative estimate of drug-likeness (QED) is 0.280. The molecule has 0 spiro atoms. The first-order chi connectivity index (χ1) is 16.9. The monoisotopic (exact) mass is 482 g/mol. The number of rotatable bonds is 4. The maximum absolute atomic E-state index is 13.8. The van der Waals surface area contributed by atoms with Crippen LogP contribution in [0, 0.1) is 6.92 Å². The van der Waals surface area contributed by atoms with Gasteiger partial charge in [0.05, 0.1) is 11.6 Å². The zero-order chi connectivity index (χ0) is 24.3. The standard InChI is InChI=1S/C28H19ClN2O4/c1-15-6-9-18(10-7-15)31-25(20-14-30-21-5-3-2-4-19(20)21)24(27(33)28(31)34)26(32)23-13-16-12-17(29)8-11-22(16)35-23/h2-14,25,30,33H,1H3. The Hall–Kier alpha value is -4.29. The number of anilines is 1. The van der Waals surface area contributed by atoms with Crippen molar-refractivity contribution in [1.82, 2.24) is 4.98 Å². The van der Waals surface area contributed by atoms with Gasteiger partial charge in [-0.1, -0.05) is 47.5 Å². The van der Waals surface area contributed by atoms with Gasteiger partial charge in [-0.05, 0) is 49.4 Å². The highest BCUT2D eigenvalue weighted by Gasteiger charge is 2.46. The number of aryl methyl sites for hydroxylation is 1. The minimum absolute atomic E-state index is 0.0206. The van der Waals surface area contributed by atoms with Crippen molar-refractivity contribution in [3.63, 3.8) is 0 Å². The van der Waals surface area contributed by atoms with Crippen LogP contribution >= 0.6 is 11.6 Å². The van der Waals surface area contributed by atoms with Crippen LogP contribution in [0.15, 0.2) is 94.7 Å². The van der Waals surface area contributed by atoms with Gasteiger partial charge < -0.3 is 14.5 Å². The number of benzene rings is 3. The first kappa shape index (κ1) is 21.3. The fourth-order valence-electron chi connectivity index (χ4n) is 4.68. The Bertz CT molecular complexity index is 1680. The zero-order valence-corrected chi connectivity index (χ0v) is 19.3. The summed E-state index contributed by atoms with van der Waals surface area (Å²) in [6.07, 6.45) is 1.77. The Morgan fingerprint density at radius 1 is 1.06 bits per heavy atom. The smallest absolute Gasteiger partial charge is 0.294 e. The van der Waals surface area contributed by atoms with Crippen molar-refractivity contribution in [3.05, 3.63) is 112 Å². The highest BCUT2D eigenvalue weighted by atomic mass is 35.5. The largest absolute Gasteiger partial charge is 0.503 e. The number of hydrogen-bond donors (Lipinski definition) is 2. The van der Waals surface area contributed by atoms with E-state index in [1.54, 1.807) is 42.6 Å². The molecule has 172 valence electrons. The molecule has 0 saturated carbocycles. The molecule has 2 aromatic heterocycles. The Kier molecular flexibility index (Phi) is 4.79. The minimum atomic E-state index is -0.856. The summed E-state index contributed by atoms with van der Waals surface area (Å²) < 4.78 is 5.80. The third-order valence-electron chi connectivity index (χ3n) is 6.38. The van der Waals surface area contributed by atoms with E-state index in [-0.39, 0.29) is 11.3 Å². The molecule has 0 bridgehead atoms. The number of ketones is 1. The number of para-hydroxylation sites is 1. The summed E-state index contributed by atoms with van der Waals surface area (Å²) in [7, 11) is 0. The SMILES string of the molecule is Cc1ccc(N2C(=O)C(O)=C(C(=O)c3cc4cc(Cl)ccc4o3)C2c2c[nH]c3ccccc23)cc1. The maximum atomic E-state index is 13.8. The second-order valence-corrected chi connectivity index (χ2v) is 9.02. The number of nitrogens with zero attached hydrogens (tertiary/aromatic N) is 1. The number of furan rings is 1. The molecule has 6 nitrogen and oxygen atoms in total. The Morgan fingerprint density at radius 3 is 2.63 bits per heavy atom. The number of fused-ring (bicyclic) bond motifs is 2. The van der Waals surface area contributed by atoms with Gasteiger partial charge in [-0.2, -0.15) is 0 Å². The molecule has 1 amide bonds. The van der Waals surface area contributed by atoms with Crippen LogP contribution in [0.5, 0.6) is 0 Å². The van der Waals surface area contributed by atoms with Crippen LogP contribution in [-0.4, -0.2) is 21.8 Å². The van der Waals surface area contributed by atoms with Crippen LogP contribution in [0.4, 0.5) is 5.69 Å². The van der Waals surface area contributed by atoms with Crippen molar-refractivity contribution in [1.29, 1.82) is 0 Å². The topological polar surface area (TPSA) is 86.5 Å². The van der Waals surface area contributed by atoms with Crippen molar-refractivity contribution in [2.45, 2.75) is 13.0 Å². The molecule has 5 aromatic rings.